The molecule has 72 valence electrons. The maximum atomic E-state index is 13.3. The van der Waals surface area contributed by atoms with Crippen LogP contribution in [-0.4, -0.2) is 0 Å². The molecule has 2 nitrogen and oxygen atoms in total. The van der Waals surface area contributed by atoms with E-state index < -0.39 is 0 Å². The van der Waals surface area contributed by atoms with Gasteiger partial charge in [-0.1, -0.05) is 12.1 Å². The van der Waals surface area contributed by atoms with Gasteiger partial charge >= 0.3 is 0 Å². The van der Waals surface area contributed by atoms with E-state index in [0.717, 1.165) is 5.56 Å². The second kappa shape index (κ2) is 3.64. The summed E-state index contributed by atoms with van der Waals surface area (Å²) in [6, 6.07) is 8.46. The van der Waals surface area contributed by atoms with Crippen LogP contribution in [0.1, 0.15) is 5.56 Å². The van der Waals surface area contributed by atoms with Crippen LogP contribution in [0, 0.1) is 5.82 Å². The fourth-order valence-corrected chi connectivity index (χ4v) is 1.31. The first-order valence-electron chi connectivity index (χ1n) is 4.33. The van der Waals surface area contributed by atoms with Crippen LogP contribution in [0.25, 0.3) is 11.3 Å². The van der Waals surface area contributed by atoms with Crippen LogP contribution in [0.4, 0.5) is 4.39 Å². The van der Waals surface area contributed by atoms with Gasteiger partial charge in [-0.3, -0.25) is 0 Å². The molecule has 0 spiro atoms. The SMILES string of the molecule is NCc1ccc(-c2ccco2)cc1F. The van der Waals surface area contributed by atoms with E-state index in [1.54, 1.807) is 30.5 Å². The first-order valence-corrected chi connectivity index (χ1v) is 4.33. The van der Waals surface area contributed by atoms with E-state index in [1.807, 2.05) is 0 Å². The Bertz CT molecular complexity index is 423. The number of hydrogen-bond donors (Lipinski definition) is 1. The summed E-state index contributed by atoms with van der Waals surface area (Å²) in [7, 11) is 0. The van der Waals surface area contributed by atoms with Crippen LogP contribution in [0.3, 0.4) is 0 Å². The van der Waals surface area contributed by atoms with Crippen LogP contribution < -0.4 is 5.73 Å². The normalized spacial score (nSPS) is 10.4. The summed E-state index contributed by atoms with van der Waals surface area (Å²) in [5.41, 5.74) is 6.60. The van der Waals surface area contributed by atoms with Crippen molar-refractivity contribution in [3.05, 3.63) is 48.0 Å². The average molecular weight is 191 g/mol. The van der Waals surface area contributed by atoms with E-state index in [4.69, 9.17) is 10.2 Å². The predicted molar refractivity (Wildman–Crippen MR) is 52.0 cm³/mol. The molecule has 0 amide bonds. The minimum absolute atomic E-state index is 0.213. The molecule has 0 unspecified atom stereocenters. The monoisotopic (exact) mass is 191 g/mol. The lowest BCUT2D eigenvalue weighted by Crippen LogP contribution is -1.99. The van der Waals surface area contributed by atoms with Gasteiger partial charge in [0.25, 0.3) is 0 Å². The van der Waals surface area contributed by atoms with Gasteiger partial charge in [0.2, 0.25) is 0 Å². The Morgan fingerprint density at radius 1 is 1.29 bits per heavy atom. The third kappa shape index (κ3) is 1.54. The molecule has 0 aliphatic heterocycles. The van der Waals surface area contributed by atoms with Crippen molar-refractivity contribution in [1.82, 2.24) is 0 Å². The lowest BCUT2D eigenvalue weighted by molar-refractivity contribution is 0.578. The van der Waals surface area contributed by atoms with Crippen molar-refractivity contribution in [3.63, 3.8) is 0 Å². The molecule has 0 saturated carbocycles. The third-order valence-corrected chi connectivity index (χ3v) is 2.08. The molecule has 14 heavy (non-hydrogen) atoms. The molecule has 1 aromatic heterocycles. The Morgan fingerprint density at radius 3 is 2.71 bits per heavy atom. The van der Waals surface area contributed by atoms with Crippen LogP contribution in [0.2, 0.25) is 0 Å². The molecular formula is C11H10FNO. The molecule has 2 aromatic rings. The maximum absolute atomic E-state index is 13.3. The molecule has 2 rings (SSSR count). The Hall–Kier alpha value is -1.61. The zero-order valence-electron chi connectivity index (χ0n) is 7.53. The minimum atomic E-state index is -0.290. The second-order valence-electron chi connectivity index (χ2n) is 2.99. The zero-order valence-corrected chi connectivity index (χ0v) is 7.53. The first-order chi connectivity index (χ1) is 6.81. The number of benzene rings is 1. The van der Waals surface area contributed by atoms with E-state index in [2.05, 4.69) is 0 Å². The summed E-state index contributed by atoms with van der Waals surface area (Å²) in [4.78, 5) is 0. The van der Waals surface area contributed by atoms with Gasteiger partial charge in [-0.25, -0.2) is 4.39 Å². The number of rotatable bonds is 2. The third-order valence-electron chi connectivity index (χ3n) is 2.08. The van der Waals surface area contributed by atoms with Gasteiger partial charge in [-0.05, 0) is 18.2 Å². The summed E-state index contributed by atoms with van der Waals surface area (Å²) in [5.74, 6) is 0.369. The lowest BCUT2D eigenvalue weighted by atomic mass is 10.1. The van der Waals surface area contributed by atoms with Crippen molar-refractivity contribution in [2.75, 3.05) is 0 Å². The number of hydrogen-bond acceptors (Lipinski definition) is 2. The van der Waals surface area contributed by atoms with Gasteiger partial charge in [0.1, 0.15) is 11.6 Å². The smallest absolute Gasteiger partial charge is 0.133 e. The molecule has 0 aliphatic rings. The fraction of sp³-hybridized carbons (Fsp3) is 0.0909. The maximum Gasteiger partial charge on any atom is 0.133 e. The second-order valence-corrected chi connectivity index (χ2v) is 2.99. The summed E-state index contributed by atoms with van der Waals surface area (Å²) in [6.45, 7) is 0.213. The van der Waals surface area contributed by atoms with Crippen molar-refractivity contribution in [2.24, 2.45) is 5.73 Å². The molecule has 0 atom stereocenters. The Morgan fingerprint density at radius 2 is 2.14 bits per heavy atom. The van der Waals surface area contributed by atoms with Gasteiger partial charge in [-0.15, -0.1) is 0 Å². The summed E-state index contributed by atoms with van der Waals surface area (Å²) in [6.07, 6.45) is 1.56. The highest BCUT2D eigenvalue weighted by molar-refractivity contribution is 5.57. The highest BCUT2D eigenvalue weighted by atomic mass is 19.1. The summed E-state index contributed by atoms with van der Waals surface area (Å²) >= 11 is 0. The lowest BCUT2D eigenvalue weighted by Gasteiger charge is -2.01. The minimum Gasteiger partial charge on any atom is -0.464 e. The van der Waals surface area contributed by atoms with Crippen LogP contribution in [0.15, 0.2) is 41.0 Å². The quantitative estimate of drug-likeness (QED) is 0.792. The first kappa shape index (κ1) is 8.97. The van der Waals surface area contributed by atoms with Crippen molar-refractivity contribution in [1.29, 1.82) is 0 Å². The van der Waals surface area contributed by atoms with Gasteiger partial charge < -0.3 is 10.2 Å². The molecule has 1 heterocycles. The number of halogens is 1. The van der Waals surface area contributed by atoms with E-state index in [1.165, 1.54) is 6.07 Å². The van der Waals surface area contributed by atoms with E-state index in [9.17, 15) is 4.39 Å². The largest absolute Gasteiger partial charge is 0.464 e. The number of nitrogens with two attached hydrogens (primary N) is 1. The molecule has 2 N–H and O–H groups in total. The Kier molecular flexibility index (Phi) is 2.33. The highest BCUT2D eigenvalue weighted by Crippen LogP contribution is 2.21. The molecule has 0 fully saturated rings. The van der Waals surface area contributed by atoms with Gasteiger partial charge in [0, 0.05) is 17.7 Å². The standard InChI is InChI=1S/C11H10FNO/c12-10-6-8(3-4-9(10)7-13)11-2-1-5-14-11/h1-6H,7,13H2. The molecular weight excluding hydrogens is 181 g/mol. The predicted octanol–water partition coefficient (Wildman–Crippen LogP) is 2.54. The highest BCUT2D eigenvalue weighted by Gasteiger charge is 2.05. The van der Waals surface area contributed by atoms with Crippen molar-refractivity contribution < 1.29 is 8.81 Å². The Labute approximate surface area is 81.2 Å². The van der Waals surface area contributed by atoms with Gasteiger partial charge in [0.05, 0.1) is 6.26 Å². The van der Waals surface area contributed by atoms with Crippen LogP contribution >= 0.6 is 0 Å². The zero-order chi connectivity index (χ0) is 9.97. The van der Waals surface area contributed by atoms with E-state index in [0.29, 0.717) is 11.3 Å². The Balaban J connectivity index is 2.43. The molecule has 0 bridgehead atoms. The van der Waals surface area contributed by atoms with E-state index >= 15 is 0 Å². The molecule has 3 heteroatoms. The molecule has 0 aliphatic carbocycles. The van der Waals surface area contributed by atoms with Gasteiger partial charge in [0.15, 0.2) is 0 Å². The van der Waals surface area contributed by atoms with Crippen molar-refractivity contribution >= 4 is 0 Å². The average Bonchev–Trinajstić information content (AvgIpc) is 2.70. The topological polar surface area (TPSA) is 39.2 Å². The van der Waals surface area contributed by atoms with Crippen molar-refractivity contribution in [3.8, 4) is 11.3 Å². The van der Waals surface area contributed by atoms with E-state index in [-0.39, 0.29) is 12.4 Å². The molecule has 1 aromatic carbocycles. The fourth-order valence-electron chi connectivity index (χ4n) is 1.31. The van der Waals surface area contributed by atoms with Crippen LogP contribution in [0.5, 0.6) is 0 Å². The van der Waals surface area contributed by atoms with Crippen LogP contribution in [-0.2, 0) is 6.54 Å². The summed E-state index contributed by atoms with van der Waals surface area (Å²) in [5, 5.41) is 0. The number of furan rings is 1. The van der Waals surface area contributed by atoms with Gasteiger partial charge in [-0.2, -0.15) is 0 Å². The summed E-state index contributed by atoms with van der Waals surface area (Å²) < 4.78 is 18.5. The molecule has 0 radical (unpaired) electrons. The molecule has 0 saturated heterocycles. The van der Waals surface area contributed by atoms with Crippen molar-refractivity contribution in [2.45, 2.75) is 6.54 Å².